The second kappa shape index (κ2) is 11.0. The van der Waals surface area contributed by atoms with Crippen LogP contribution in [0.3, 0.4) is 0 Å². The van der Waals surface area contributed by atoms with E-state index >= 15 is 0 Å². The fourth-order valence-corrected chi connectivity index (χ4v) is 4.26. The smallest absolute Gasteiger partial charge is 0.119 e. The van der Waals surface area contributed by atoms with Gasteiger partial charge in [0.25, 0.3) is 0 Å². The number of nitrogens with zero attached hydrogens (tertiary/aromatic N) is 1. The van der Waals surface area contributed by atoms with Crippen molar-refractivity contribution < 1.29 is 4.74 Å². The van der Waals surface area contributed by atoms with Gasteiger partial charge in [-0.05, 0) is 89.6 Å². The molecular weight excluding hydrogens is 344 g/mol. The number of allylic oxidation sites excluding steroid dienone is 2. The van der Waals surface area contributed by atoms with Crippen molar-refractivity contribution in [1.82, 2.24) is 10.2 Å². The summed E-state index contributed by atoms with van der Waals surface area (Å²) in [5.41, 5.74) is 5.07. The van der Waals surface area contributed by atoms with Crippen LogP contribution in [0.5, 0.6) is 5.75 Å². The zero-order chi connectivity index (χ0) is 20.6. The van der Waals surface area contributed by atoms with Gasteiger partial charge in [0.15, 0.2) is 0 Å². The summed E-state index contributed by atoms with van der Waals surface area (Å²) in [6, 6.07) is 9.07. The van der Waals surface area contributed by atoms with E-state index in [4.69, 9.17) is 4.74 Å². The van der Waals surface area contributed by atoms with E-state index in [2.05, 4.69) is 76.3 Å². The summed E-state index contributed by atoms with van der Waals surface area (Å²) in [6.45, 7) is 12.3. The van der Waals surface area contributed by atoms with E-state index in [0.29, 0.717) is 11.5 Å². The molecule has 1 N–H and O–H groups in total. The van der Waals surface area contributed by atoms with Gasteiger partial charge in [-0.25, -0.2) is 0 Å². The van der Waals surface area contributed by atoms with Gasteiger partial charge in [0.1, 0.15) is 5.75 Å². The van der Waals surface area contributed by atoms with Crippen LogP contribution in [-0.4, -0.2) is 38.2 Å². The molecule has 158 valence electrons. The summed E-state index contributed by atoms with van der Waals surface area (Å²) in [6.07, 6.45) is 7.48. The maximum atomic E-state index is 5.82. The number of ether oxygens (including phenoxy) is 1. The Balaban J connectivity index is 1.71. The number of benzene rings is 1. The minimum Gasteiger partial charge on any atom is -0.494 e. The summed E-state index contributed by atoms with van der Waals surface area (Å²) < 4.78 is 5.82. The van der Waals surface area contributed by atoms with Gasteiger partial charge in [-0.1, -0.05) is 37.1 Å². The largest absolute Gasteiger partial charge is 0.494 e. The van der Waals surface area contributed by atoms with Crippen LogP contribution >= 0.6 is 0 Å². The van der Waals surface area contributed by atoms with Gasteiger partial charge in [0.2, 0.25) is 0 Å². The molecule has 28 heavy (non-hydrogen) atoms. The zero-order valence-corrected chi connectivity index (χ0v) is 19.1. The molecule has 1 atom stereocenters. The van der Waals surface area contributed by atoms with Crippen molar-refractivity contribution in [1.29, 1.82) is 0 Å². The Hall–Kier alpha value is -1.32. The molecule has 0 unspecified atom stereocenters. The molecule has 0 spiro atoms. The molecule has 3 nitrogen and oxygen atoms in total. The molecule has 0 heterocycles. The molecule has 1 aromatic rings. The fraction of sp³-hybridized carbons (Fsp3) is 0.680. The second-order valence-electron chi connectivity index (χ2n) is 9.47. The van der Waals surface area contributed by atoms with Gasteiger partial charge < -0.3 is 15.0 Å². The van der Waals surface area contributed by atoms with Crippen molar-refractivity contribution in [2.24, 2.45) is 5.41 Å². The van der Waals surface area contributed by atoms with Crippen molar-refractivity contribution in [3.05, 3.63) is 41.0 Å². The molecule has 0 aliphatic heterocycles. The van der Waals surface area contributed by atoms with Gasteiger partial charge in [-0.2, -0.15) is 0 Å². The SMILES string of the molecule is CC1=C(CC[C@H](C)NCc2ccc(OCCCN(C)C)cc2)C(C)(C)CCC1. The van der Waals surface area contributed by atoms with E-state index < -0.39 is 0 Å². The molecule has 0 fully saturated rings. The van der Waals surface area contributed by atoms with Crippen LogP contribution in [0.1, 0.15) is 71.8 Å². The zero-order valence-electron chi connectivity index (χ0n) is 19.1. The van der Waals surface area contributed by atoms with E-state index in [1.165, 1.54) is 37.7 Å². The van der Waals surface area contributed by atoms with E-state index in [-0.39, 0.29) is 0 Å². The number of hydrogen-bond donors (Lipinski definition) is 1. The molecule has 0 aromatic heterocycles. The summed E-state index contributed by atoms with van der Waals surface area (Å²) in [5, 5.41) is 3.70. The summed E-state index contributed by atoms with van der Waals surface area (Å²) in [5.74, 6) is 0.970. The van der Waals surface area contributed by atoms with E-state index in [9.17, 15) is 0 Å². The molecule has 1 aliphatic rings. The molecule has 3 heteroatoms. The third kappa shape index (κ3) is 7.60. The minimum atomic E-state index is 0.393. The summed E-state index contributed by atoms with van der Waals surface area (Å²) in [4.78, 5) is 2.19. The minimum absolute atomic E-state index is 0.393. The normalized spacial score (nSPS) is 17.8. The average molecular weight is 387 g/mol. The van der Waals surface area contributed by atoms with Gasteiger partial charge in [0.05, 0.1) is 6.61 Å². The van der Waals surface area contributed by atoms with E-state index in [1.54, 1.807) is 11.1 Å². The Bertz CT molecular complexity index is 616. The average Bonchev–Trinajstić information content (AvgIpc) is 2.63. The monoisotopic (exact) mass is 386 g/mol. The first-order chi connectivity index (χ1) is 13.3. The highest BCUT2D eigenvalue weighted by molar-refractivity contribution is 5.27. The standard InChI is InChI=1S/C25H42N2O/c1-20-9-7-16-25(3,4)24(20)15-10-21(2)26-19-22-11-13-23(14-12-22)28-18-8-17-27(5)6/h11-14,21,26H,7-10,15-19H2,1-6H3/t21-/m0/s1. The molecule has 0 saturated heterocycles. The van der Waals surface area contributed by atoms with Crippen LogP contribution in [0, 0.1) is 5.41 Å². The molecule has 2 rings (SSSR count). The number of rotatable bonds is 11. The fourth-order valence-electron chi connectivity index (χ4n) is 4.26. The highest BCUT2D eigenvalue weighted by atomic mass is 16.5. The predicted molar refractivity (Wildman–Crippen MR) is 121 cm³/mol. The lowest BCUT2D eigenvalue weighted by atomic mass is 9.71. The van der Waals surface area contributed by atoms with Crippen LogP contribution < -0.4 is 10.1 Å². The molecule has 0 amide bonds. The van der Waals surface area contributed by atoms with Crippen LogP contribution in [0.2, 0.25) is 0 Å². The predicted octanol–water partition coefficient (Wildman–Crippen LogP) is 5.80. The van der Waals surface area contributed by atoms with Crippen molar-refractivity contribution in [2.75, 3.05) is 27.2 Å². The molecule has 0 radical (unpaired) electrons. The Morgan fingerprint density at radius 3 is 2.54 bits per heavy atom. The van der Waals surface area contributed by atoms with Crippen molar-refractivity contribution >= 4 is 0 Å². The maximum absolute atomic E-state index is 5.82. The van der Waals surface area contributed by atoms with Gasteiger partial charge in [-0.3, -0.25) is 0 Å². The van der Waals surface area contributed by atoms with Crippen LogP contribution in [-0.2, 0) is 6.54 Å². The lowest BCUT2D eigenvalue weighted by molar-refractivity contribution is 0.281. The van der Waals surface area contributed by atoms with Gasteiger partial charge in [0, 0.05) is 19.1 Å². The third-order valence-corrected chi connectivity index (χ3v) is 6.11. The maximum Gasteiger partial charge on any atom is 0.119 e. The first-order valence-electron chi connectivity index (χ1n) is 11.1. The van der Waals surface area contributed by atoms with Crippen molar-refractivity contribution in [3.63, 3.8) is 0 Å². The van der Waals surface area contributed by atoms with E-state index in [1.807, 2.05) is 0 Å². The Kier molecular flexibility index (Phi) is 9.04. The first kappa shape index (κ1) is 23.0. The van der Waals surface area contributed by atoms with Crippen LogP contribution in [0.4, 0.5) is 0 Å². The third-order valence-electron chi connectivity index (χ3n) is 6.11. The van der Waals surface area contributed by atoms with Crippen molar-refractivity contribution in [3.8, 4) is 5.75 Å². The second-order valence-corrected chi connectivity index (χ2v) is 9.47. The van der Waals surface area contributed by atoms with Crippen molar-refractivity contribution in [2.45, 2.75) is 78.8 Å². The van der Waals surface area contributed by atoms with E-state index in [0.717, 1.165) is 31.9 Å². The Labute approximate surface area is 173 Å². The lowest BCUT2D eigenvalue weighted by Crippen LogP contribution is -2.27. The summed E-state index contributed by atoms with van der Waals surface area (Å²) >= 11 is 0. The molecule has 1 aromatic carbocycles. The molecule has 0 bridgehead atoms. The molecule has 0 saturated carbocycles. The van der Waals surface area contributed by atoms with Gasteiger partial charge >= 0.3 is 0 Å². The molecular formula is C25H42N2O. The Morgan fingerprint density at radius 1 is 1.18 bits per heavy atom. The number of hydrogen-bond acceptors (Lipinski definition) is 3. The lowest BCUT2D eigenvalue weighted by Gasteiger charge is -2.35. The topological polar surface area (TPSA) is 24.5 Å². The summed E-state index contributed by atoms with van der Waals surface area (Å²) in [7, 11) is 4.19. The highest BCUT2D eigenvalue weighted by Crippen LogP contribution is 2.42. The van der Waals surface area contributed by atoms with Crippen LogP contribution in [0.25, 0.3) is 0 Å². The Morgan fingerprint density at radius 2 is 1.89 bits per heavy atom. The molecule has 1 aliphatic carbocycles. The quantitative estimate of drug-likeness (QED) is 0.384. The van der Waals surface area contributed by atoms with Crippen LogP contribution in [0.15, 0.2) is 35.4 Å². The van der Waals surface area contributed by atoms with Gasteiger partial charge in [-0.15, -0.1) is 0 Å². The number of nitrogens with one attached hydrogen (secondary N) is 1. The highest BCUT2D eigenvalue weighted by Gasteiger charge is 2.28. The first-order valence-corrected chi connectivity index (χ1v) is 11.1.